The van der Waals surface area contributed by atoms with Gasteiger partial charge in [0.2, 0.25) is 12.7 Å². The molecular weight excluding hydrogens is 302 g/mol. The predicted molar refractivity (Wildman–Crippen MR) is 91.6 cm³/mol. The molecule has 0 aromatic heterocycles. The van der Waals surface area contributed by atoms with Crippen LogP contribution in [0, 0.1) is 0 Å². The third kappa shape index (κ3) is 1.96. The van der Waals surface area contributed by atoms with Crippen LogP contribution in [-0.2, 0) is 4.79 Å². The minimum absolute atomic E-state index is 0.0212. The molecule has 0 spiro atoms. The number of benzene rings is 3. The number of ether oxygens (including phenoxy) is 2. The molecule has 3 aromatic carbocycles. The van der Waals surface area contributed by atoms with Gasteiger partial charge in [0.1, 0.15) is 0 Å². The first-order chi connectivity index (χ1) is 11.8. The summed E-state index contributed by atoms with van der Waals surface area (Å²) in [4.78, 5) is 12.3. The zero-order valence-corrected chi connectivity index (χ0v) is 12.9. The Labute approximate surface area is 139 Å². The van der Waals surface area contributed by atoms with Gasteiger partial charge in [-0.25, -0.2) is 0 Å². The van der Waals surface area contributed by atoms with Crippen LogP contribution in [0.1, 0.15) is 23.5 Å². The van der Waals surface area contributed by atoms with E-state index in [0.717, 1.165) is 39.1 Å². The van der Waals surface area contributed by atoms with Crippen LogP contribution < -0.4 is 14.8 Å². The second kappa shape index (κ2) is 4.99. The number of carbonyl (C=O) groups is 1. The fourth-order valence-corrected chi connectivity index (χ4v) is 3.63. The molecule has 0 aliphatic carbocycles. The number of anilines is 1. The lowest BCUT2D eigenvalue weighted by molar-refractivity contribution is -0.116. The van der Waals surface area contributed by atoms with Crippen molar-refractivity contribution in [2.45, 2.75) is 12.3 Å². The Kier molecular flexibility index (Phi) is 2.80. The number of amides is 1. The van der Waals surface area contributed by atoms with Crippen molar-refractivity contribution in [2.24, 2.45) is 0 Å². The van der Waals surface area contributed by atoms with E-state index in [4.69, 9.17) is 9.47 Å². The van der Waals surface area contributed by atoms with E-state index in [0.29, 0.717) is 6.42 Å². The second-order valence-electron chi connectivity index (χ2n) is 6.17. The highest BCUT2D eigenvalue weighted by Gasteiger charge is 2.29. The molecule has 0 unspecified atom stereocenters. The Bertz CT molecular complexity index is 980. The standard InChI is InChI=1S/C20H15NO3/c22-19-10-16(13-6-8-17-18(9-13)24-11-23-17)15-7-5-12-3-1-2-4-14(12)20(15)21-19/h1-9,16H,10-11H2,(H,21,22)/t16-/m0/s1. The molecule has 5 rings (SSSR count). The van der Waals surface area contributed by atoms with E-state index in [9.17, 15) is 4.79 Å². The SMILES string of the molecule is O=C1C[C@@H](c2ccc3c(c2)OCO3)c2ccc3ccccc3c2N1. The Morgan fingerprint density at radius 3 is 2.79 bits per heavy atom. The highest BCUT2D eigenvalue weighted by molar-refractivity contribution is 6.06. The van der Waals surface area contributed by atoms with Crippen LogP contribution in [0.15, 0.2) is 54.6 Å². The van der Waals surface area contributed by atoms with Gasteiger partial charge < -0.3 is 14.8 Å². The maximum Gasteiger partial charge on any atom is 0.231 e. The molecule has 1 N–H and O–H groups in total. The summed E-state index contributed by atoms with van der Waals surface area (Å²) in [7, 11) is 0. The molecular formula is C20H15NO3. The average Bonchev–Trinajstić information content (AvgIpc) is 3.08. The lowest BCUT2D eigenvalue weighted by Gasteiger charge is -2.27. The van der Waals surface area contributed by atoms with E-state index < -0.39 is 0 Å². The molecule has 0 saturated heterocycles. The molecule has 118 valence electrons. The molecule has 0 radical (unpaired) electrons. The Balaban J connectivity index is 1.69. The highest BCUT2D eigenvalue weighted by Crippen LogP contribution is 2.43. The quantitative estimate of drug-likeness (QED) is 0.737. The van der Waals surface area contributed by atoms with Crippen LogP contribution in [0.25, 0.3) is 10.8 Å². The third-order valence-corrected chi connectivity index (χ3v) is 4.79. The van der Waals surface area contributed by atoms with Gasteiger partial charge in [-0.15, -0.1) is 0 Å². The van der Waals surface area contributed by atoms with Gasteiger partial charge in [0, 0.05) is 17.7 Å². The van der Waals surface area contributed by atoms with Gasteiger partial charge in [-0.2, -0.15) is 0 Å². The summed E-state index contributed by atoms with van der Waals surface area (Å²) in [5, 5.41) is 5.27. The van der Waals surface area contributed by atoms with Crippen LogP contribution in [-0.4, -0.2) is 12.7 Å². The summed E-state index contributed by atoms with van der Waals surface area (Å²) in [6, 6.07) is 18.3. The average molecular weight is 317 g/mol. The van der Waals surface area contributed by atoms with Crippen molar-refractivity contribution in [3.63, 3.8) is 0 Å². The number of nitrogens with one attached hydrogen (secondary N) is 1. The number of hydrogen-bond acceptors (Lipinski definition) is 3. The zero-order valence-electron chi connectivity index (χ0n) is 12.9. The molecule has 0 fully saturated rings. The van der Waals surface area contributed by atoms with Crippen molar-refractivity contribution in [3.05, 3.63) is 65.7 Å². The van der Waals surface area contributed by atoms with Crippen LogP contribution in [0.2, 0.25) is 0 Å². The number of hydrogen-bond donors (Lipinski definition) is 1. The predicted octanol–water partition coefficient (Wildman–Crippen LogP) is 4.04. The van der Waals surface area contributed by atoms with Crippen molar-refractivity contribution in [1.29, 1.82) is 0 Å². The Morgan fingerprint density at radius 1 is 0.958 bits per heavy atom. The van der Waals surface area contributed by atoms with Crippen LogP contribution in [0.5, 0.6) is 11.5 Å². The van der Waals surface area contributed by atoms with Gasteiger partial charge in [-0.3, -0.25) is 4.79 Å². The van der Waals surface area contributed by atoms with Gasteiger partial charge in [0.05, 0.1) is 5.69 Å². The van der Waals surface area contributed by atoms with E-state index in [1.165, 1.54) is 0 Å². The minimum atomic E-state index is 0.0212. The molecule has 1 amide bonds. The van der Waals surface area contributed by atoms with Crippen molar-refractivity contribution in [3.8, 4) is 11.5 Å². The second-order valence-corrected chi connectivity index (χ2v) is 6.17. The molecule has 3 aromatic rings. The zero-order chi connectivity index (χ0) is 16.1. The molecule has 2 heterocycles. The van der Waals surface area contributed by atoms with Crippen LogP contribution >= 0.6 is 0 Å². The van der Waals surface area contributed by atoms with Gasteiger partial charge in [-0.05, 0) is 28.6 Å². The summed E-state index contributed by atoms with van der Waals surface area (Å²) in [6.45, 7) is 0.255. The molecule has 1 atom stereocenters. The first-order valence-corrected chi connectivity index (χ1v) is 8.00. The largest absolute Gasteiger partial charge is 0.454 e. The summed E-state index contributed by atoms with van der Waals surface area (Å²) < 4.78 is 10.9. The highest BCUT2D eigenvalue weighted by atomic mass is 16.7. The van der Waals surface area contributed by atoms with Crippen molar-refractivity contribution < 1.29 is 14.3 Å². The van der Waals surface area contributed by atoms with E-state index in [1.54, 1.807) is 0 Å². The van der Waals surface area contributed by atoms with Gasteiger partial charge in [-0.1, -0.05) is 42.5 Å². The first-order valence-electron chi connectivity index (χ1n) is 8.00. The fourth-order valence-electron chi connectivity index (χ4n) is 3.63. The van der Waals surface area contributed by atoms with Gasteiger partial charge in [0.25, 0.3) is 0 Å². The molecule has 24 heavy (non-hydrogen) atoms. The maximum atomic E-state index is 12.3. The monoisotopic (exact) mass is 317 g/mol. The molecule has 0 saturated carbocycles. The fraction of sp³-hybridized carbons (Fsp3) is 0.150. The lowest BCUT2D eigenvalue weighted by atomic mass is 9.83. The summed E-state index contributed by atoms with van der Waals surface area (Å²) in [5.74, 6) is 1.58. The smallest absolute Gasteiger partial charge is 0.231 e. The molecule has 0 bridgehead atoms. The topological polar surface area (TPSA) is 47.6 Å². The van der Waals surface area contributed by atoms with E-state index in [1.807, 2.05) is 30.3 Å². The minimum Gasteiger partial charge on any atom is -0.454 e. The number of carbonyl (C=O) groups excluding carboxylic acids is 1. The summed E-state index contributed by atoms with van der Waals surface area (Å²) in [6.07, 6.45) is 0.436. The Morgan fingerprint density at radius 2 is 1.83 bits per heavy atom. The van der Waals surface area contributed by atoms with Crippen molar-refractivity contribution in [2.75, 3.05) is 12.1 Å². The first kappa shape index (κ1) is 13.4. The van der Waals surface area contributed by atoms with Crippen molar-refractivity contribution in [1.82, 2.24) is 0 Å². The molecule has 2 aliphatic heterocycles. The third-order valence-electron chi connectivity index (χ3n) is 4.79. The van der Waals surface area contributed by atoms with Gasteiger partial charge in [0.15, 0.2) is 11.5 Å². The molecule has 4 heteroatoms. The summed E-state index contributed by atoms with van der Waals surface area (Å²) >= 11 is 0. The number of fused-ring (bicyclic) bond motifs is 4. The maximum absolute atomic E-state index is 12.3. The van der Waals surface area contributed by atoms with E-state index in [2.05, 4.69) is 29.6 Å². The summed E-state index contributed by atoms with van der Waals surface area (Å²) in [5.41, 5.74) is 3.14. The van der Waals surface area contributed by atoms with Crippen LogP contribution in [0.4, 0.5) is 5.69 Å². The van der Waals surface area contributed by atoms with Crippen LogP contribution in [0.3, 0.4) is 0 Å². The molecule has 2 aliphatic rings. The Hall–Kier alpha value is -3.01. The van der Waals surface area contributed by atoms with E-state index in [-0.39, 0.29) is 18.6 Å². The van der Waals surface area contributed by atoms with Crippen molar-refractivity contribution >= 4 is 22.4 Å². The lowest BCUT2D eigenvalue weighted by Crippen LogP contribution is -2.23. The van der Waals surface area contributed by atoms with E-state index >= 15 is 0 Å². The molecule has 4 nitrogen and oxygen atoms in total. The number of rotatable bonds is 1. The van der Waals surface area contributed by atoms with Gasteiger partial charge >= 0.3 is 0 Å². The normalized spacial score (nSPS) is 18.3.